The van der Waals surface area contributed by atoms with Gasteiger partial charge in [0.25, 0.3) is 5.91 Å². The average Bonchev–Trinajstić information content (AvgIpc) is 2.73. The monoisotopic (exact) mass is 294 g/mol. The Morgan fingerprint density at radius 3 is 2.88 bits per heavy atom. The SMILES string of the molecule is Cc1nc(CNC(=O)c2ccccc2Br)co1. The Bertz CT molecular complexity index is 537. The van der Waals surface area contributed by atoms with Crippen LogP contribution in [0.25, 0.3) is 0 Å². The zero-order chi connectivity index (χ0) is 12.3. The molecule has 0 aliphatic carbocycles. The number of halogens is 1. The number of carbonyl (C=O) groups excluding carboxylic acids is 1. The number of amides is 1. The summed E-state index contributed by atoms with van der Waals surface area (Å²) in [4.78, 5) is 16.0. The molecular formula is C12H11BrN2O2. The molecule has 88 valence electrons. The number of carbonyl (C=O) groups is 1. The highest BCUT2D eigenvalue weighted by Gasteiger charge is 2.09. The molecule has 17 heavy (non-hydrogen) atoms. The van der Waals surface area contributed by atoms with E-state index < -0.39 is 0 Å². The first-order valence-corrected chi connectivity index (χ1v) is 5.90. The zero-order valence-corrected chi connectivity index (χ0v) is 10.8. The molecule has 0 spiro atoms. The van der Waals surface area contributed by atoms with E-state index in [2.05, 4.69) is 26.2 Å². The van der Waals surface area contributed by atoms with Gasteiger partial charge in [0.2, 0.25) is 0 Å². The van der Waals surface area contributed by atoms with E-state index in [1.54, 1.807) is 13.0 Å². The van der Waals surface area contributed by atoms with Crippen LogP contribution in [0.3, 0.4) is 0 Å². The maximum absolute atomic E-state index is 11.8. The summed E-state index contributed by atoms with van der Waals surface area (Å²) in [6, 6.07) is 7.27. The van der Waals surface area contributed by atoms with E-state index in [4.69, 9.17) is 4.42 Å². The van der Waals surface area contributed by atoms with E-state index in [1.807, 2.05) is 18.2 Å². The number of aromatic nitrogens is 1. The van der Waals surface area contributed by atoms with Gasteiger partial charge in [-0.05, 0) is 28.1 Å². The number of hydrogen-bond donors (Lipinski definition) is 1. The first-order valence-electron chi connectivity index (χ1n) is 5.10. The molecule has 0 aliphatic heterocycles. The van der Waals surface area contributed by atoms with Crippen LogP contribution in [0.5, 0.6) is 0 Å². The van der Waals surface area contributed by atoms with Gasteiger partial charge in [-0.15, -0.1) is 0 Å². The van der Waals surface area contributed by atoms with Gasteiger partial charge in [-0.3, -0.25) is 4.79 Å². The highest BCUT2D eigenvalue weighted by atomic mass is 79.9. The van der Waals surface area contributed by atoms with Crippen molar-refractivity contribution < 1.29 is 9.21 Å². The largest absolute Gasteiger partial charge is 0.449 e. The third kappa shape index (κ3) is 2.94. The van der Waals surface area contributed by atoms with Crippen LogP contribution < -0.4 is 5.32 Å². The van der Waals surface area contributed by atoms with Gasteiger partial charge in [0.05, 0.1) is 17.8 Å². The van der Waals surface area contributed by atoms with E-state index in [0.717, 1.165) is 4.47 Å². The number of aryl methyl sites for hydroxylation is 1. The van der Waals surface area contributed by atoms with Gasteiger partial charge >= 0.3 is 0 Å². The lowest BCUT2D eigenvalue weighted by Crippen LogP contribution is -2.23. The fourth-order valence-corrected chi connectivity index (χ4v) is 1.87. The minimum Gasteiger partial charge on any atom is -0.449 e. The normalized spacial score (nSPS) is 10.2. The lowest BCUT2D eigenvalue weighted by molar-refractivity contribution is 0.0949. The van der Waals surface area contributed by atoms with Crippen molar-refractivity contribution in [3.05, 3.63) is 52.1 Å². The van der Waals surface area contributed by atoms with Gasteiger partial charge in [0, 0.05) is 11.4 Å². The Balaban J connectivity index is 2.01. The smallest absolute Gasteiger partial charge is 0.252 e. The van der Waals surface area contributed by atoms with Crippen LogP contribution in [0.2, 0.25) is 0 Å². The molecule has 0 saturated carbocycles. The topological polar surface area (TPSA) is 55.1 Å². The van der Waals surface area contributed by atoms with E-state index in [1.165, 1.54) is 6.26 Å². The molecule has 2 aromatic rings. The summed E-state index contributed by atoms with van der Waals surface area (Å²) in [5.74, 6) is 0.452. The molecule has 5 heteroatoms. The molecule has 0 fully saturated rings. The van der Waals surface area contributed by atoms with Gasteiger partial charge in [-0.1, -0.05) is 12.1 Å². The molecule has 1 aromatic carbocycles. The Kier molecular flexibility index (Phi) is 3.58. The lowest BCUT2D eigenvalue weighted by atomic mass is 10.2. The molecule has 1 N–H and O–H groups in total. The number of benzene rings is 1. The summed E-state index contributed by atoms with van der Waals surface area (Å²) in [6.45, 7) is 2.12. The second-order valence-electron chi connectivity index (χ2n) is 3.52. The Labute approximate surface area is 107 Å². The Morgan fingerprint density at radius 1 is 1.47 bits per heavy atom. The van der Waals surface area contributed by atoms with E-state index in [-0.39, 0.29) is 5.91 Å². The highest BCUT2D eigenvalue weighted by molar-refractivity contribution is 9.10. The van der Waals surface area contributed by atoms with Crippen molar-refractivity contribution in [2.45, 2.75) is 13.5 Å². The second kappa shape index (κ2) is 5.14. The lowest BCUT2D eigenvalue weighted by Gasteiger charge is -2.04. The first kappa shape index (κ1) is 11.9. The number of rotatable bonds is 3. The molecule has 1 heterocycles. The van der Waals surface area contributed by atoms with Crippen LogP contribution in [0.15, 0.2) is 39.4 Å². The summed E-state index contributed by atoms with van der Waals surface area (Å²) in [5, 5.41) is 2.78. The van der Waals surface area contributed by atoms with Crippen LogP contribution in [-0.2, 0) is 6.54 Å². The van der Waals surface area contributed by atoms with Gasteiger partial charge in [-0.25, -0.2) is 4.98 Å². The van der Waals surface area contributed by atoms with Crippen LogP contribution >= 0.6 is 15.9 Å². The van der Waals surface area contributed by atoms with Gasteiger partial charge in [-0.2, -0.15) is 0 Å². The third-order valence-corrected chi connectivity index (χ3v) is 2.91. The Hall–Kier alpha value is -1.62. The van der Waals surface area contributed by atoms with Crippen molar-refractivity contribution in [1.29, 1.82) is 0 Å². The molecule has 2 rings (SSSR count). The molecule has 4 nitrogen and oxygen atoms in total. The fraction of sp³-hybridized carbons (Fsp3) is 0.167. The van der Waals surface area contributed by atoms with Gasteiger partial charge < -0.3 is 9.73 Å². The summed E-state index contributed by atoms with van der Waals surface area (Å²) in [6.07, 6.45) is 1.54. The zero-order valence-electron chi connectivity index (χ0n) is 9.24. The number of hydrogen-bond acceptors (Lipinski definition) is 3. The Morgan fingerprint density at radius 2 is 2.24 bits per heavy atom. The predicted molar refractivity (Wildman–Crippen MR) is 66.6 cm³/mol. The van der Waals surface area contributed by atoms with Gasteiger partial charge in [0.15, 0.2) is 5.89 Å². The fourth-order valence-electron chi connectivity index (χ4n) is 1.40. The molecule has 0 unspecified atom stereocenters. The van der Waals surface area contributed by atoms with Crippen molar-refractivity contribution in [2.75, 3.05) is 0 Å². The number of nitrogens with one attached hydrogen (secondary N) is 1. The van der Waals surface area contributed by atoms with Crippen molar-refractivity contribution in [1.82, 2.24) is 10.3 Å². The van der Waals surface area contributed by atoms with Gasteiger partial charge in [0.1, 0.15) is 6.26 Å². The van der Waals surface area contributed by atoms with E-state index in [9.17, 15) is 4.79 Å². The second-order valence-corrected chi connectivity index (χ2v) is 4.37. The van der Waals surface area contributed by atoms with Crippen molar-refractivity contribution >= 4 is 21.8 Å². The quantitative estimate of drug-likeness (QED) is 0.947. The van der Waals surface area contributed by atoms with Crippen molar-refractivity contribution in [3.63, 3.8) is 0 Å². The highest BCUT2D eigenvalue weighted by Crippen LogP contribution is 2.15. The molecule has 0 atom stereocenters. The molecule has 1 amide bonds. The average molecular weight is 295 g/mol. The summed E-state index contributed by atoms with van der Waals surface area (Å²) in [5.41, 5.74) is 1.32. The first-order chi connectivity index (χ1) is 8.16. The van der Waals surface area contributed by atoms with Crippen LogP contribution in [0.1, 0.15) is 21.9 Å². The number of nitrogens with zero attached hydrogens (tertiary/aromatic N) is 1. The van der Waals surface area contributed by atoms with Crippen LogP contribution in [0, 0.1) is 6.92 Å². The molecular weight excluding hydrogens is 284 g/mol. The van der Waals surface area contributed by atoms with E-state index in [0.29, 0.717) is 23.7 Å². The molecule has 0 saturated heterocycles. The molecule has 0 bridgehead atoms. The predicted octanol–water partition coefficient (Wildman–Crippen LogP) is 2.68. The minimum atomic E-state index is -0.141. The maximum atomic E-state index is 11.8. The minimum absolute atomic E-state index is 0.141. The van der Waals surface area contributed by atoms with Crippen LogP contribution in [0.4, 0.5) is 0 Å². The van der Waals surface area contributed by atoms with Crippen molar-refractivity contribution in [2.24, 2.45) is 0 Å². The van der Waals surface area contributed by atoms with Crippen molar-refractivity contribution in [3.8, 4) is 0 Å². The summed E-state index contributed by atoms with van der Waals surface area (Å²) >= 11 is 3.33. The van der Waals surface area contributed by atoms with E-state index >= 15 is 0 Å². The summed E-state index contributed by atoms with van der Waals surface area (Å²) < 4.78 is 5.83. The summed E-state index contributed by atoms with van der Waals surface area (Å²) in [7, 11) is 0. The molecule has 0 aliphatic rings. The molecule has 1 aromatic heterocycles. The maximum Gasteiger partial charge on any atom is 0.252 e. The third-order valence-electron chi connectivity index (χ3n) is 2.22. The number of oxazole rings is 1. The standard InChI is InChI=1S/C12H11BrN2O2/c1-8-15-9(7-17-8)6-14-12(16)10-4-2-3-5-11(10)13/h2-5,7H,6H2,1H3,(H,14,16). The van der Waals surface area contributed by atoms with Crippen LogP contribution in [-0.4, -0.2) is 10.9 Å². The molecule has 0 radical (unpaired) electrons.